The number of aliphatic hydroxyl groups excluding tert-OH is 5. The lowest BCUT2D eigenvalue weighted by Gasteiger charge is -2.40. The standard InChI is InChI=1S/C41H75NO8/c1-3-5-7-9-11-13-14-15-16-17-18-19-20-21-22-23-25-27-29-31-37(45)42-34(35(44)30-28-26-24-12-10-8-6-4-2)33-49-41-40(48)39(47)38(46)36(32-43)50-41/h11,13,15-16,18-19,34-36,38-41,43-44,46-48H,3-10,12,14,17,20-33H2,1-2H3,(H,42,45)/b13-11-,16-15-,19-18-. The van der Waals surface area contributed by atoms with Gasteiger partial charge >= 0.3 is 0 Å². The zero-order valence-electron chi connectivity index (χ0n) is 31.6. The smallest absolute Gasteiger partial charge is 0.220 e. The van der Waals surface area contributed by atoms with E-state index in [4.69, 9.17) is 9.47 Å². The zero-order chi connectivity index (χ0) is 36.7. The summed E-state index contributed by atoms with van der Waals surface area (Å²) in [6.07, 6.45) is 30.2. The summed E-state index contributed by atoms with van der Waals surface area (Å²) < 4.78 is 11.2. The number of unbranched alkanes of at least 4 members (excludes halogenated alkanes) is 16. The Morgan fingerprint density at radius 2 is 1.18 bits per heavy atom. The minimum absolute atomic E-state index is 0.145. The molecule has 1 aliphatic heterocycles. The van der Waals surface area contributed by atoms with Crippen molar-refractivity contribution in [3.63, 3.8) is 0 Å². The van der Waals surface area contributed by atoms with Gasteiger partial charge < -0.3 is 40.3 Å². The number of ether oxygens (including phenoxy) is 2. The summed E-state index contributed by atoms with van der Waals surface area (Å²) in [5.74, 6) is -0.162. The SMILES string of the molecule is CCCCC/C=C\C/C=C\C/C=C\CCCCCCCCC(=O)NC(COC1OC(CO)C(O)C(O)C1O)C(O)CCCCCCCCCC. The molecule has 7 unspecified atom stereocenters. The van der Waals surface area contributed by atoms with Crippen LogP contribution in [0, 0.1) is 0 Å². The van der Waals surface area contributed by atoms with Gasteiger partial charge in [0.2, 0.25) is 5.91 Å². The summed E-state index contributed by atoms with van der Waals surface area (Å²) in [4.78, 5) is 12.9. The quantitative estimate of drug-likeness (QED) is 0.0314. The second-order valence-electron chi connectivity index (χ2n) is 14.1. The van der Waals surface area contributed by atoms with Crippen LogP contribution >= 0.6 is 0 Å². The Balaban J connectivity index is 2.34. The van der Waals surface area contributed by atoms with Crippen molar-refractivity contribution < 1.29 is 39.8 Å². The molecule has 1 rings (SSSR count). The molecule has 0 radical (unpaired) electrons. The van der Waals surface area contributed by atoms with Crippen LogP contribution < -0.4 is 5.32 Å². The van der Waals surface area contributed by atoms with Gasteiger partial charge in [0.1, 0.15) is 24.4 Å². The maximum Gasteiger partial charge on any atom is 0.220 e. The molecule has 0 aliphatic carbocycles. The molecular formula is C41H75NO8. The maximum atomic E-state index is 12.9. The molecule has 292 valence electrons. The minimum Gasteiger partial charge on any atom is -0.394 e. The number of hydrogen-bond donors (Lipinski definition) is 6. The van der Waals surface area contributed by atoms with E-state index in [1.165, 1.54) is 70.6 Å². The Morgan fingerprint density at radius 1 is 0.680 bits per heavy atom. The topological polar surface area (TPSA) is 149 Å². The molecule has 1 aliphatic rings. The predicted molar refractivity (Wildman–Crippen MR) is 203 cm³/mol. The van der Waals surface area contributed by atoms with Crippen LogP contribution in [-0.2, 0) is 14.3 Å². The zero-order valence-corrected chi connectivity index (χ0v) is 31.6. The maximum absolute atomic E-state index is 12.9. The molecular weight excluding hydrogens is 634 g/mol. The van der Waals surface area contributed by atoms with Crippen LogP contribution in [-0.4, -0.2) is 87.5 Å². The van der Waals surface area contributed by atoms with Gasteiger partial charge in [0, 0.05) is 6.42 Å². The van der Waals surface area contributed by atoms with Gasteiger partial charge in [0.25, 0.3) is 0 Å². The first kappa shape index (κ1) is 46.4. The van der Waals surface area contributed by atoms with Crippen molar-refractivity contribution in [2.45, 2.75) is 204 Å². The van der Waals surface area contributed by atoms with Crippen molar-refractivity contribution in [2.24, 2.45) is 0 Å². The van der Waals surface area contributed by atoms with Crippen LogP contribution in [0.5, 0.6) is 0 Å². The van der Waals surface area contributed by atoms with Gasteiger partial charge in [-0.05, 0) is 51.4 Å². The number of carbonyl (C=O) groups is 1. The Morgan fingerprint density at radius 3 is 1.78 bits per heavy atom. The first-order valence-corrected chi connectivity index (χ1v) is 20.2. The van der Waals surface area contributed by atoms with Crippen molar-refractivity contribution >= 4 is 5.91 Å². The van der Waals surface area contributed by atoms with Gasteiger partial charge in [-0.1, -0.05) is 140 Å². The fourth-order valence-corrected chi connectivity index (χ4v) is 6.16. The van der Waals surface area contributed by atoms with E-state index in [0.29, 0.717) is 12.8 Å². The molecule has 0 aromatic carbocycles. The van der Waals surface area contributed by atoms with E-state index >= 15 is 0 Å². The van der Waals surface area contributed by atoms with Crippen LogP contribution in [0.1, 0.15) is 162 Å². The van der Waals surface area contributed by atoms with Gasteiger partial charge in [-0.3, -0.25) is 4.79 Å². The van der Waals surface area contributed by atoms with Crippen LogP contribution in [0.2, 0.25) is 0 Å². The van der Waals surface area contributed by atoms with E-state index in [0.717, 1.165) is 64.2 Å². The molecule has 50 heavy (non-hydrogen) atoms. The van der Waals surface area contributed by atoms with Crippen molar-refractivity contribution in [3.8, 4) is 0 Å². The lowest BCUT2D eigenvalue weighted by Crippen LogP contribution is -2.60. The highest BCUT2D eigenvalue weighted by Crippen LogP contribution is 2.23. The summed E-state index contributed by atoms with van der Waals surface area (Å²) in [5.41, 5.74) is 0. The lowest BCUT2D eigenvalue weighted by molar-refractivity contribution is -0.302. The molecule has 1 fully saturated rings. The lowest BCUT2D eigenvalue weighted by atomic mass is 9.99. The van der Waals surface area contributed by atoms with E-state index < -0.39 is 49.5 Å². The molecule has 0 aromatic heterocycles. The van der Waals surface area contributed by atoms with Gasteiger partial charge in [0.15, 0.2) is 6.29 Å². The summed E-state index contributed by atoms with van der Waals surface area (Å²) in [6.45, 7) is 3.74. The fraction of sp³-hybridized carbons (Fsp3) is 0.829. The summed E-state index contributed by atoms with van der Waals surface area (Å²) in [5, 5.41) is 54.0. The van der Waals surface area contributed by atoms with Crippen molar-refractivity contribution in [1.82, 2.24) is 5.32 Å². The molecule has 1 heterocycles. The number of hydrogen-bond acceptors (Lipinski definition) is 8. The van der Waals surface area contributed by atoms with Crippen molar-refractivity contribution in [3.05, 3.63) is 36.5 Å². The van der Waals surface area contributed by atoms with Gasteiger partial charge in [-0.2, -0.15) is 0 Å². The summed E-state index contributed by atoms with van der Waals surface area (Å²) in [7, 11) is 0. The van der Waals surface area contributed by atoms with Gasteiger partial charge in [-0.25, -0.2) is 0 Å². The molecule has 0 saturated carbocycles. The van der Waals surface area contributed by atoms with E-state index in [9.17, 15) is 30.3 Å². The molecule has 0 bridgehead atoms. The van der Waals surface area contributed by atoms with Crippen molar-refractivity contribution in [1.29, 1.82) is 0 Å². The molecule has 9 nitrogen and oxygen atoms in total. The van der Waals surface area contributed by atoms with Crippen LogP contribution in [0.15, 0.2) is 36.5 Å². The van der Waals surface area contributed by atoms with Gasteiger partial charge in [0.05, 0.1) is 25.4 Å². The molecule has 7 atom stereocenters. The highest BCUT2D eigenvalue weighted by Gasteiger charge is 2.44. The molecule has 0 aromatic rings. The van der Waals surface area contributed by atoms with Gasteiger partial charge in [-0.15, -0.1) is 0 Å². The molecule has 1 amide bonds. The largest absolute Gasteiger partial charge is 0.394 e. The van der Waals surface area contributed by atoms with E-state index in [1.807, 2.05) is 0 Å². The predicted octanol–water partition coefficient (Wildman–Crippen LogP) is 7.33. The Hall–Kier alpha value is -1.59. The second kappa shape index (κ2) is 32.1. The number of amides is 1. The molecule has 9 heteroatoms. The van der Waals surface area contributed by atoms with Crippen LogP contribution in [0.4, 0.5) is 0 Å². The van der Waals surface area contributed by atoms with E-state index in [2.05, 4.69) is 55.6 Å². The number of rotatable bonds is 32. The molecule has 0 spiro atoms. The average molecular weight is 710 g/mol. The van der Waals surface area contributed by atoms with Crippen LogP contribution in [0.3, 0.4) is 0 Å². The highest BCUT2D eigenvalue weighted by molar-refractivity contribution is 5.76. The Bertz CT molecular complexity index is 879. The normalized spacial score (nSPS) is 22.6. The second-order valence-corrected chi connectivity index (χ2v) is 14.1. The molecule has 6 N–H and O–H groups in total. The minimum atomic E-state index is -1.55. The Kier molecular flexibility index (Phi) is 29.8. The third kappa shape index (κ3) is 23.1. The average Bonchev–Trinajstić information content (AvgIpc) is 3.11. The molecule has 1 saturated heterocycles. The first-order valence-electron chi connectivity index (χ1n) is 20.2. The number of nitrogens with one attached hydrogen (secondary N) is 1. The number of aliphatic hydroxyl groups is 5. The monoisotopic (exact) mass is 710 g/mol. The fourth-order valence-electron chi connectivity index (χ4n) is 6.16. The van der Waals surface area contributed by atoms with Crippen LogP contribution in [0.25, 0.3) is 0 Å². The first-order chi connectivity index (χ1) is 24.3. The highest BCUT2D eigenvalue weighted by atomic mass is 16.7. The number of carbonyl (C=O) groups excluding carboxylic acids is 1. The summed E-state index contributed by atoms with van der Waals surface area (Å²) >= 11 is 0. The van der Waals surface area contributed by atoms with E-state index in [-0.39, 0.29) is 12.5 Å². The van der Waals surface area contributed by atoms with E-state index in [1.54, 1.807) is 0 Å². The third-order valence-corrected chi connectivity index (χ3v) is 9.50. The van der Waals surface area contributed by atoms with Crippen molar-refractivity contribution in [2.75, 3.05) is 13.2 Å². The summed E-state index contributed by atoms with van der Waals surface area (Å²) in [6, 6.07) is -0.722. The Labute approximate surface area is 304 Å². The number of allylic oxidation sites excluding steroid dienone is 6. The third-order valence-electron chi connectivity index (χ3n) is 9.50.